The molecule has 1 aromatic heterocycles. The zero-order valence-electron chi connectivity index (χ0n) is 15.2. The standard InChI is InChI=1S/C21H25N5/c1-3-15(2)25-20-18(22)21(24-14-23-20)26-19(16-10-6-4-7-11-16)17-12-8-5-9-13-17/h4-15,19H,3,22H2,1-2H3,(H2,23,24,25,26). The highest BCUT2D eigenvalue weighted by molar-refractivity contribution is 5.74. The molecule has 0 aliphatic rings. The smallest absolute Gasteiger partial charge is 0.155 e. The minimum atomic E-state index is -0.0500. The summed E-state index contributed by atoms with van der Waals surface area (Å²) in [6.07, 6.45) is 2.53. The maximum Gasteiger partial charge on any atom is 0.155 e. The molecule has 0 saturated carbocycles. The molecule has 0 aliphatic carbocycles. The summed E-state index contributed by atoms with van der Waals surface area (Å²) >= 11 is 0. The molecule has 0 amide bonds. The molecule has 1 heterocycles. The Bertz CT molecular complexity index is 781. The summed E-state index contributed by atoms with van der Waals surface area (Å²) in [6, 6.07) is 20.8. The first-order chi connectivity index (χ1) is 12.7. The van der Waals surface area contributed by atoms with Gasteiger partial charge in [0, 0.05) is 6.04 Å². The van der Waals surface area contributed by atoms with Crippen LogP contribution in [0.5, 0.6) is 0 Å². The van der Waals surface area contributed by atoms with Gasteiger partial charge in [-0.1, -0.05) is 67.6 Å². The zero-order chi connectivity index (χ0) is 18.4. The van der Waals surface area contributed by atoms with Gasteiger partial charge in [0.15, 0.2) is 11.6 Å². The van der Waals surface area contributed by atoms with E-state index in [1.165, 1.54) is 6.33 Å². The van der Waals surface area contributed by atoms with Crippen molar-refractivity contribution < 1.29 is 0 Å². The molecule has 134 valence electrons. The second-order valence-electron chi connectivity index (χ2n) is 6.34. The Morgan fingerprint density at radius 1 is 0.846 bits per heavy atom. The molecule has 0 bridgehead atoms. The highest BCUT2D eigenvalue weighted by Crippen LogP contribution is 2.30. The van der Waals surface area contributed by atoms with Crippen LogP contribution in [0.4, 0.5) is 17.3 Å². The van der Waals surface area contributed by atoms with Crippen LogP contribution in [0.1, 0.15) is 37.4 Å². The minimum absolute atomic E-state index is 0.0500. The average Bonchev–Trinajstić information content (AvgIpc) is 2.70. The first-order valence-corrected chi connectivity index (χ1v) is 8.92. The highest BCUT2D eigenvalue weighted by atomic mass is 15.1. The number of hydrogen-bond acceptors (Lipinski definition) is 5. The average molecular weight is 347 g/mol. The number of rotatable bonds is 7. The lowest BCUT2D eigenvalue weighted by atomic mass is 9.99. The number of benzene rings is 2. The van der Waals surface area contributed by atoms with E-state index in [9.17, 15) is 0 Å². The molecular formula is C21H25N5. The predicted molar refractivity (Wildman–Crippen MR) is 108 cm³/mol. The Balaban J connectivity index is 1.94. The Kier molecular flexibility index (Phi) is 5.69. The minimum Gasteiger partial charge on any atom is -0.393 e. The molecule has 0 fully saturated rings. The van der Waals surface area contributed by atoms with E-state index in [0.717, 1.165) is 17.5 Å². The molecular weight excluding hydrogens is 322 g/mol. The molecule has 2 aromatic carbocycles. The van der Waals surface area contributed by atoms with Gasteiger partial charge in [-0.15, -0.1) is 0 Å². The summed E-state index contributed by atoms with van der Waals surface area (Å²) in [6.45, 7) is 4.22. The fourth-order valence-corrected chi connectivity index (χ4v) is 2.75. The van der Waals surface area contributed by atoms with Crippen LogP contribution in [0.25, 0.3) is 0 Å². The van der Waals surface area contributed by atoms with Crippen LogP contribution < -0.4 is 16.4 Å². The van der Waals surface area contributed by atoms with Crippen molar-refractivity contribution in [2.75, 3.05) is 16.4 Å². The van der Waals surface area contributed by atoms with Crippen molar-refractivity contribution in [3.8, 4) is 0 Å². The molecule has 1 unspecified atom stereocenters. The molecule has 5 nitrogen and oxygen atoms in total. The Morgan fingerprint density at radius 2 is 1.35 bits per heavy atom. The maximum atomic E-state index is 6.34. The number of anilines is 3. The number of aromatic nitrogens is 2. The summed E-state index contributed by atoms with van der Waals surface area (Å²) in [7, 11) is 0. The van der Waals surface area contributed by atoms with E-state index < -0.39 is 0 Å². The third-order valence-corrected chi connectivity index (χ3v) is 4.43. The van der Waals surface area contributed by atoms with Gasteiger partial charge in [-0.2, -0.15) is 0 Å². The SMILES string of the molecule is CCC(C)Nc1ncnc(NC(c2ccccc2)c2ccccc2)c1N. The largest absolute Gasteiger partial charge is 0.393 e. The molecule has 4 N–H and O–H groups in total. The van der Waals surface area contributed by atoms with Gasteiger partial charge in [0.25, 0.3) is 0 Å². The monoisotopic (exact) mass is 347 g/mol. The molecule has 3 aromatic rings. The van der Waals surface area contributed by atoms with E-state index in [0.29, 0.717) is 23.4 Å². The molecule has 5 heteroatoms. The van der Waals surface area contributed by atoms with Crippen molar-refractivity contribution in [1.82, 2.24) is 9.97 Å². The van der Waals surface area contributed by atoms with Gasteiger partial charge in [0.05, 0.1) is 6.04 Å². The predicted octanol–water partition coefficient (Wildman–Crippen LogP) is 4.47. The third-order valence-electron chi connectivity index (χ3n) is 4.43. The quantitative estimate of drug-likeness (QED) is 0.588. The number of nitrogen functional groups attached to an aromatic ring is 1. The number of nitrogens with two attached hydrogens (primary N) is 1. The van der Waals surface area contributed by atoms with Crippen LogP contribution >= 0.6 is 0 Å². The summed E-state index contributed by atoms with van der Waals surface area (Å²) in [5, 5.41) is 6.83. The van der Waals surface area contributed by atoms with E-state index >= 15 is 0 Å². The van der Waals surface area contributed by atoms with Crippen LogP contribution in [0.3, 0.4) is 0 Å². The third kappa shape index (κ3) is 4.11. The highest BCUT2D eigenvalue weighted by Gasteiger charge is 2.17. The lowest BCUT2D eigenvalue weighted by Crippen LogP contribution is -2.19. The molecule has 0 aliphatic heterocycles. The number of nitrogens with one attached hydrogen (secondary N) is 2. The van der Waals surface area contributed by atoms with Crippen molar-refractivity contribution in [2.24, 2.45) is 0 Å². The van der Waals surface area contributed by atoms with Gasteiger partial charge in [-0.05, 0) is 24.5 Å². The number of nitrogens with zero attached hydrogens (tertiary/aromatic N) is 2. The summed E-state index contributed by atoms with van der Waals surface area (Å²) < 4.78 is 0. The van der Waals surface area contributed by atoms with Crippen molar-refractivity contribution >= 4 is 17.3 Å². The summed E-state index contributed by atoms with van der Waals surface area (Å²) in [5.41, 5.74) is 9.17. The molecule has 0 saturated heterocycles. The summed E-state index contributed by atoms with van der Waals surface area (Å²) in [5.74, 6) is 1.29. The molecule has 0 radical (unpaired) electrons. The lowest BCUT2D eigenvalue weighted by Gasteiger charge is -2.22. The fourth-order valence-electron chi connectivity index (χ4n) is 2.75. The molecule has 3 rings (SSSR count). The van der Waals surface area contributed by atoms with Crippen molar-refractivity contribution in [3.05, 3.63) is 78.1 Å². The normalized spacial score (nSPS) is 12.0. The van der Waals surface area contributed by atoms with E-state index in [1.54, 1.807) is 0 Å². The fraction of sp³-hybridized carbons (Fsp3) is 0.238. The Morgan fingerprint density at radius 3 is 1.85 bits per heavy atom. The van der Waals surface area contributed by atoms with Crippen molar-refractivity contribution in [2.45, 2.75) is 32.4 Å². The van der Waals surface area contributed by atoms with Gasteiger partial charge >= 0.3 is 0 Å². The zero-order valence-corrected chi connectivity index (χ0v) is 15.2. The van der Waals surface area contributed by atoms with Gasteiger partial charge in [0.1, 0.15) is 12.0 Å². The molecule has 1 atom stereocenters. The van der Waals surface area contributed by atoms with E-state index in [1.807, 2.05) is 36.4 Å². The Hall–Kier alpha value is -3.08. The van der Waals surface area contributed by atoms with E-state index in [2.05, 4.69) is 58.7 Å². The van der Waals surface area contributed by atoms with Crippen LogP contribution in [0, 0.1) is 0 Å². The second-order valence-corrected chi connectivity index (χ2v) is 6.34. The van der Waals surface area contributed by atoms with Crippen LogP contribution in [-0.4, -0.2) is 16.0 Å². The van der Waals surface area contributed by atoms with Gasteiger partial charge < -0.3 is 16.4 Å². The maximum absolute atomic E-state index is 6.34. The summed E-state index contributed by atoms with van der Waals surface area (Å²) in [4.78, 5) is 8.67. The topological polar surface area (TPSA) is 75.9 Å². The van der Waals surface area contributed by atoms with Crippen molar-refractivity contribution in [3.63, 3.8) is 0 Å². The first-order valence-electron chi connectivity index (χ1n) is 8.92. The van der Waals surface area contributed by atoms with Crippen LogP contribution in [-0.2, 0) is 0 Å². The molecule has 26 heavy (non-hydrogen) atoms. The van der Waals surface area contributed by atoms with Gasteiger partial charge in [-0.3, -0.25) is 0 Å². The Labute approximate surface area is 154 Å². The second kappa shape index (κ2) is 8.34. The van der Waals surface area contributed by atoms with Crippen molar-refractivity contribution in [1.29, 1.82) is 0 Å². The van der Waals surface area contributed by atoms with E-state index in [-0.39, 0.29) is 6.04 Å². The van der Waals surface area contributed by atoms with Gasteiger partial charge in [0.2, 0.25) is 0 Å². The first kappa shape index (κ1) is 17.7. The lowest BCUT2D eigenvalue weighted by molar-refractivity contribution is 0.759. The van der Waals surface area contributed by atoms with E-state index in [4.69, 9.17) is 5.73 Å². The van der Waals surface area contributed by atoms with Crippen LogP contribution in [0.15, 0.2) is 67.0 Å². The van der Waals surface area contributed by atoms with Gasteiger partial charge in [-0.25, -0.2) is 9.97 Å². The number of hydrogen-bond donors (Lipinski definition) is 3. The van der Waals surface area contributed by atoms with Crippen LogP contribution in [0.2, 0.25) is 0 Å². The molecule has 0 spiro atoms.